The Kier molecular flexibility index (Phi) is 7.76. The number of fused-ring (bicyclic) bond motifs is 3. The van der Waals surface area contributed by atoms with Gasteiger partial charge in [-0.05, 0) is 53.3 Å². The fourth-order valence-electron chi connectivity index (χ4n) is 8.85. The van der Waals surface area contributed by atoms with Crippen LogP contribution in [0.3, 0.4) is 0 Å². The number of phenolic OH excluding ortho intramolecular Hbond substituents is 1. The normalized spacial score (nSPS) is 28.6. The van der Waals surface area contributed by atoms with E-state index in [2.05, 4.69) is 10.2 Å². The fourth-order valence-corrected chi connectivity index (χ4v) is 8.85. The summed E-state index contributed by atoms with van der Waals surface area (Å²) in [7, 11) is 0. The first-order chi connectivity index (χ1) is 23.5. The molecule has 1 spiro atoms. The molecule has 3 saturated heterocycles. The molecule has 244 valence electrons. The van der Waals surface area contributed by atoms with Gasteiger partial charge < -0.3 is 20.1 Å². The summed E-state index contributed by atoms with van der Waals surface area (Å²) in [5.74, 6) is -1.99. The molecule has 0 bridgehead atoms. The number of aromatic hydroxyl groups is 1. The minimum absolute atomic E-state index is 0.0895. The summed E-state index contributed by atoms with van der Waals surface area (Å²) < 4.78 is 6.47. The Hall–Kier alpha value is -4.95. The lowest BCUT2D eigenvalue weighted by molar-refractivity contribution is -0.179. The SMILES string of the molecule is O=C1O[C@H](c2ccccc2)[C@H](c2ccccc2)N2[C@H]1[C@@H](C(=O)N1CCCCCCC1)[C@]1(C(=O)Nc3ccccc31)[C@H]2c1ccc(O)cc1. The van der Waals surface area contributed by atoms with Gasteiger partial charge in [-0.25, -0.2) is 0 Å². The Balaban J connectivity index is 1.42. The molecular weight excluding hydrogens is 602 g/mol. The molecule has 0 aromatic heterocycles. The zero-order valence-electron chi connectivity index (χ0n) is 26.7. The number of para-hydroxylation sites is 1. The van der Waals surface area contributed by atoms with Gasteiger partial charge in [0.05, 0.1) is 18.0 Å². The van der Waals surface area contributed by atoms with Crippen molar-refractivity contribution in [2.75, 3.05) is 18.4 Å². The number of benzene rings is 4. The maximum absolute atomic E-state index is 15.3. The van der Waals surface area contributed by atoms with Crippen LogP contribution in [0.1, 0.15) is 72.5 Å². The number of amides is 2. The number of carbonyl (C=O) groups excluding carboxylic acids is 3. The van der Waals surface area contributed by atoms with Crippen LogP contribution in [0.15, 0.2) is 109 Å². The van der Waals surface area contributed by atoms with Gasteiger partial charge in [0, 0.05) is 18.8 Å². The fraction of sp³-hybridized carbons (Fsp3) is 0.325. The lowest BCUT2D eigenvalue weighted by atomic mass is 9.65. The summed E-state index contributed by atoms with van der Waals surface area (Å²) in [4.78, 5) is 49.0. The van der Waals surface area contributed by atoms with Gasteiger partial charge in [0.15, 0.2) is 0 Å². The molecular formula is C40H39N3O5. The first-order valence-electron chi connectivity index (χ1n) is 17.1. The second-order valence-electron chi connectivity index (χ2n) is 13.4. The van der Waals surface area contributed by atoms with E-state index in [0.717, 1.165) is 48.8 Å². The summed E-state index contributed by atoms with van der Waals surface area (Å²) >= 11 is 0. The molecule has 3 fully saturated rings. The maximum Gasteiger partial charge on any atom is 0.324 e. The number of phenols is 1. The van der Waals surface area contributed by atoms with Crippen molar-refractivity contribution in [2.24, 2.45) is 5.92 Å². The average Bonchev–Trinajstić information content (AvgIpc) is 3.58. The van der Waals surface area contributed by atoms with E-state index in [9.17, 15) is 14.7 Å². The average molecular weight is 642 g/mol. The van der Waals surface area contributed by atoms with Gasteiger partial charge >= 0.3 is 5.97 Å². The Bertz CT molecular complexity index is 1820. The number of morpholine rings is 1. The number of likely N-dealkylation sites (tertiary alicyclic amines) is 1. The lowest BCUT2D eigenvalue weighted by Gasteiger charge is -2.46. The number of rotatable bonds is 4. The molecule has 0 unspecified atom stereocenters. The van der Waals surface area contributed by atoms with Crippen LogP contribution < -0.4 is 5.32 Å². The monoisotopic (exact) mass is 641 g/mol. The van der Waals surface area contributed by atoms with E-state index in [0.29, 0.717) is 24.3 Å². The van der Waals surface area contributed by atoms with Gasteiger partial charge in [-0.15, -0.1) is 0 Å². The number of esters is 1. The number of nitrogens with zero attached hydrogens (tertiary/aromatic N) is 2. The van der Waals surface area contributed by atoms with E-state index in [1.165, 1.54) is 0 Å². The minimum Gasteiger partial charge on any atom is -0.508 e. The molecule has 6 atom stereocenters. The van der Waals surface area contributed by atoms with Crippen molar-refractivity contribution < 1.29 is 24.2 Å². The molecule has 8 heteroatoms. The van der Waals surface area contributed by atoms with Crippen molar-refractivity contribution in [1.82, 2.24) is 9.80 Å². The van der Waals surface area contributed by atoms with E-state index >= 15 is 4.79 Å². The Morgan fingerprint density at radius 2 is 1.31 bits per heavy atom. The maximum atomic E-state index is 15.3. The molecule has 4 aliphatic rings. The molecule has 4 aliphatic heterocycles. The van der Waals surface area contributed by atoms with Gasteiger partial charge in [0.25, 0.3) is 0 Å². The predicted octanol–water partition coefficient (Wildman–Crippen LogP) is 6.46. The summed E-state index contributed by atoms with van der Waals surface area (Å²) in [5, 5.41) is 13.5. The van der Waals surface area contributed by atoms with Crippen molar-refractivity contribution in [1.29, 1.82) is 0 Å². The van der Waals surface area contributed by atoms with Crippen molar-refractivity contribution in [3.63, 3.8) is 0 Å². The second kappa shape index (κ2) is 12.3. The minimum atomic E-state index is -1.46. The molecule has 0 radical (unpaired) electrons. The number of anilines is 1. The van der Waals surface area contributed by atoms with Crippen molar-refractivity contribution in [3.8, 4) is 5.75 Å². The number of hydrogen-bond acceptors (Lipinski definition) is 6. The highest BCUT2D eigenvalue weighted by Gasteiger charge is 2.74. The Morgan fingerprint density at radius 1 is 0.708 bits per heavy atom. The molecule has 4 aromatic rings. The van der Waals surface area contributed by atoms with E-state index in [4.69, 9.17) is 4.74 Å². The topological polar surface area (TPSA) is 99.2 Å². The highest BCUT2D eigenvalue weighted by atomic mass is 16.6. The highest BCUT2D eigenvalue weighted by Crippen LogP contribution is 2.65. The van der Waals surface area contributed by atoms with Gasteiger partial charge in [-0.3, -0.25) is 19.3 Å². The van der Waals surface area contributed by atoms with E-state index in [-0.39, 0.29) is 17.6 Å². The first kappa shape index (κ1) is 30.4. The Morgan fingerprint density at radius 3 is 2.00 bits per heavy atom. The molecule has 48 heavy (non-hydrogen) atoms. The first-order valence-corrected chi connectivity index (χ1v) is 17.1. The smallest absolute Gasteiger partial charge is 0.324 e. The van der Waals surface area contributed by atoms with E-state index < -0.39 is 41.5 Å². The van der Waals surface area contributed by atoms with E-state index in [1.807, 2.05) is 102 Å². The van der Waals surface area contributed by atoms with Gasteiger partial charge in [0.2, 0.25) is 11.8 Å². The molecule has 2 amide bonds. The number of cyclic esters (lactones) is 1. The third-order valence-corrected chi connectivity index (χ3v) is 10.9. The van der Waals surface area contributed by atoms with Crippen LogP contribution in [0, 0.1) is 5.92 Å². The summed E-state index contributed by atoms with van der Waals surface area (Å²) in [6.45, 7) is 1.16. The second-order valence-corrected chi connectivity index (χ2v) is 13.4. The zero-order chi connectivity index (χ0) is 32.8. The molecule has 4 aromatic carbocycles. The van der Waals surface area contributed by atoms with Gasteiger partial charge in [-0.2, -0.15) is 0 Å². The van der Waals surface area contributed by atoms with E-state index in [1.54, 1.807) is 12.1 Å². The summed E-state index contributed by atoms with van der Waals surface area (Å²) in [6.07, 6.45) is 4.24. The van der Waals surface area contributed by atoms with Crippen molar-refractivity contribution >= 4 is 23.5 Å². The molecule has 0 saturated carbocycles. The van der Waals surface area contributed by atoms with Crippen LogP contribution in [-0.2, 0) is 24.5 Å². The van der Waals surface area contributed by atoms with Crippen LogP contribution in [0.25, 0.3) is 0 Å². The lowest BCUT2D eigenvalue weighted by Crippen LogP contribution is -2.55. The largest absolute Gasteiger partial charge is 0.508 e. The van der Waals surface area contributed by atoms with Crippen LogP contribution in [0.5, 0.6) is 5.75 Å². The van der Waals surface area contributed by atoms with Crippen molar-refractivity contribution in [3.05, 3.63) is 131 Å². The van der Waals surface area contributed by atoms with Crippen molar-refractivity contribution in [2.45, 2.75) is 61.7 Å². The molecule has 8 nitrogen and oxygen atoms in total. The number of hydrogen-bond donors (Lipinski definition) is 2. The van der Waals surface area contributed by atoms with Crippen LogP contribution in [0.2, 0.25) is 0 Å². The van der Waals surface area contributed by atoms with Gasteiger partial charge in [-0.1, -0.05) is 110 Å². The molecule has 0 aliphatic carbocycles. The number of carbonyl (C=O) groups is 3. The summed E-state index contributed by atoms with van der Waals surface area (Å²) in [6, 6.07) is 31.7. The third-order valence-electron chi connectivity index (χ3n) is 10.9. The Labute approximate surface area is 280 Å². The van der Waals surface area contributed by atoms with Crippen LogP contribution in [0.4, 0.5) is 5.69 Å². The van der Waals surface area contributed by atoms with Crippen LogP contribution >= 0.6 is 0 Å². The predicted molar refractivity (Wildman–Crippen MR) is 181 cm³/mol. The quantitative estimate of drug-likeness (QED) is 0.249. The summed E-state index contributed by atoms with van der Waals surface area (Å²) in [5.41, 5.74) is 2.34. The standard InChI is InChI=1S/C40H39N3O5/c44-29-22-20-28(21-23-29)36-40(30-18-10-11-19-31(30)41-39(40)47)32(37(45)42-24-12-2-1-3-13-25-42)34-38(46)48-35(27-16-8-5-9-17-27)33(43(34)36)26-14-6-4-7-15-26/h4-11,14-23,32-36,44H,1-3,12-13,24-25H2,(H,41,47)/t32-,33-,34-,35+,36+,40-/m0/s1. The van der Waals surface area contributed by atoms with Crippen LogP contribution in [-0.4, -0.2) is 51.8 Å². The number of ether oxygens (including phenoxy) is 1. The zero-order valence-corrected chi connectivity index (χ0v) is 26.7. The number of nitrogens with one attached hydrogen (secondary N) is 1. The van der Waals surface area contributed by atoms with Gasteiger partial charge in [0.1, 0.15) is 23.3 Å². The third kappa shape index (κ3) is 4.72. The molecule has 4 heterocycles. The highest BCUT2D eigenvalue weighted by molar-refractivity contribution is 6.12. The molecule has 8 rings (SSSR count). The molecule has 2 N–H and O–H groups in total.